The number of nitrogens with zero attached hydrogens (tertiary/aromatic N) is 1. The van der Waals surface area contributed by atoms with Crippen LogP contribution >= 0.6 is 0 Å². The van der Waals surface area contributed by atoms with Crippen LogP contribution in [0.4, 0.5) is 0 Å². The standard InChI is InChI=1S/C16H19N3O5/c1-19-12-8-10(2-3-11(12)17-15(19)23)14(22)18-16(9-13(20)21)4-6-24-7-5-16/h2-3,8H,4-7,9H2,1H3,(H,17,23)(H,18,22)(H,20,21). The summed E-state index contributed by atoms with van der Waals surface area (Å²) >= 11 is 0. The third-order valence-corrected chi connectivity index (χ3v) is 4.49. The number of hydrogen-bond acceptors (Lipinski definition) is 4. The van der Waals surface area contributed by atoms with Crippen molar-refractivity contribution in [2.24, 2.45) is 7.05 Å². The molecule has 0 aliphatic carbocycles. The van der Waals surface area contributed by atoms with Crippen molar-refractivity contribution < 1.29 is 19.4 Å². The van der Waals surface area contributed by atoms with Crippen molar-refractivity contribution in [3.05, 3.63) is 34.2 Å². The van der Waals surface area contributed by atoms with E-state index in [0.717, 1.165) is 0 Å². The van der Waals surface area contributed by atoms with Crippen LogP contribution < -0.4 is 11.0 Å². The Bertz CT molecular complexity index is 845. The van der Waals surface area contributed by atoms with Crippen molar-refractivity contribution in [1.82, 2.24) is 14.9 Å². The second-order valence-corrected chi connectivity index (χ2v) is 6.14. The Hall–Kier alpha value is -2.61. The number of carbonyl (C=O) groups excluding carboxylic acids is 1. The van der Waals surface area contributed by atoms with Crippen LogP contribution in [0.25, 0.3) is 11.0 Å². The van der Waals surface area contributed by atoms with E-state index >= 15 is 0 Å². The van der Waals surface area contributed by atoms with Crippen molar-refractivity contribution in [3.8, 4) is 0 Å². The number of aliphatic carboxylic acids is 1. The first-order chi connectivity index (χ1) is 11.4. The van der Waals surface area contributed by atoms with Crippen LogP contribution in [0.1, 0.15) is 29.6 Å². The maximum atomic E-state index is 12.6. The van der Waals surface area contributed by atoms with Crippen LogP contribution in [-0.4, -0.2) is 45.3 Å². The molecular weight excluding hydrogens is 314 g/mol. The van der Waals surface area contributed by atoms with Gasteiger partial charge in [-0.05, 0) is 31.0 Å². The normalized spacial score (nSPS) is 16.9. The molecule has 1 aromatic carbocycles. The number of fused-ring (bicyclic) bond motifs is 1. The van der Waals surface area contributed by atoms with Crippen molar-refractivity contribution in [1.29, 1.82) is 0 Å². The summed E-state index contributed by atoms with van der Waals surface area (Å²) in [5.74, 6) is -1.31. The van der Waals surface area contributed by atoms with Gasteiger partial charge in [0.15, 0.2) is 0 Å². The van der Waals surface area contributed by atoms with Gasteiger partial charge in [0.25, 0.3) is 5.91 Å². The zero-order valence-corrected chi connectivity index (χ0v) is 13.3. The fourth-order valence-electron chi connectivity index (χ4n) is 3.08. The summed E-state index contributed by atoms with van der Waals surface area (Å²) in [6.45, 7) is 0.831. The Morgan fingerprint density at radius 1 is 1.38 bits per heavy atom. The third kappa shape index (κ3) is 3.05. The molecule has 8 heteroatoms. The molecule has 2 heterocycles. The molecule has 2 aromatic rings. The van der Waals surface area contributed by atoms with Gasteiger partial charge in [-0.3, -0.25) is 14.2 Å². The summed E-state index contributed by atoms with van der Waals surface area (Å²) in [6, 6.07) is 4.90. The predicted octanol–water partition coefficient (Wildman–Crippen LogP) is 0.620. The molecule has 3 N–H and O–H groups in total. The Labute approximate surface area is 137 Å². The molecule has 0 atom stereocenters. The van der Waals surface area contributed by atoms with Gasteiger partial charge in [-0.1, -0.05) is 0 Å². The monoisotopic (exact) mass is 333 g/mol. The van der Waals surface area contributed by atoms with Gasteiger partial charge >= 0.3 is 11.7 Å². The number of carboxylic acid groups (broad SMARTS) is 1. The number of rotatable bonds is 4. The first-order valence-electron chi connectivity index (χ1n) is 7.71. The first-order valence-corrected chi connectivity index (χ1v) is 7.71. The quantitative estimate of drug-likeness (QED) is 0.759. The second-order valence-electron chi connectivity index (χ2n) is 6.14. The lowest BCUT2D eigenvalue weighted by Gasteiger charge is -2.36. The molecule has 0 bridgehead atoms. The number of hydrogen-bond donors (Lipinski definition) is 3. The van der Waals surface area contributed by atoms with E-state index in [9.17, 15) is 14.4 Å². The van der Waals surface area contributed by atoms with Crippen LogP contribution in [0.3, 0.4) is 0 Å². The minimum atomic E-state index is -0.958. The highest BCUT2D eigenvalue weighted by Crippen LogP contribution is 2.25. The lowest BCUT2D eigenvalue weighted by atomic mass is 9.86. The molecule has 1 aliphatic heterocycles. The maximum absolute atomic E-state index is 12.6. The van der Waals surface area contributed by atoms with E-state index in [2.05, 4.69) is 10.3 Å². The zero-order valence-electron chi connectivity index (χ0n) is 13.3. The van der Waals surface area contributed by atoms with E-state index < -0.39 is 11.5 Å². The molecule has 1 aromatic heterocycles. The number of ether oxygens (including phenoxy) is 1. The second kappa shape index (κ2) is 6.12. The van der Waals surface area contributed by atoms with E-state index in [-0.39, 0.29) is 18.0 Å². The Morgan fingerprint density at radius 2 is 2.08 bits per heavy atom. The largest absolute Gasteiger partial charge is 0.481 e. The molecule has 1 saturated heterocycles. The molecule has 1 amide bonds. The Balaban J connectivity index is 1.88. The minimum Gasteiger partial charge on any atom is -0.481 e. The van der Waals surface area contributed by atoms with Gasteiger partial charge in [-0.15, -0.1) is 0 Å². The molecule has 0 saturated carbocycles. The number of imidazole rings is 1. The van der Waals surface area contributed by atoms with E-state index in [1.165, 1.54) is 4.57 Å². The SMILES string of the molecule is Cn1c(=O)[nH]c2ccc(C(=O)NC3(CC(=O)O)CCOCC3)cc21. The summed E-state index contributed by atoms with van der Waals surface area (Å²) in [4.78, 5) is 38.1. The number of carboxylic acids is 1. The van der Waals surface area contributed by atoms with Gasteiger partial charge in [0.1, 0.15) is 0 Å². The summed E-state index contributed by atoms with van der Waals surface area (Å²) in [5.41, 5.74) is 0.583. The first kappa shape index (κ1) is 16.3. The molecule has 0 unspecified atom stereocenters. The third-order valence-electron chi connectivity index (χ3n) is 4.49. The van der Waals surface area contributed by atoms with Crippen LogP contribution in [0, 0.1) is 0 Å². The number of benzene rings is 1. The van der Waals surface area contributed by atoms with Crippen molar-refractivity contribution >= 4 is 22.9 Å². The Morgan fingerprint density at radius 3 is 2.75 bits per heavy atom. The highest BCUT2D eigenvalue weighted by Gasteiger charge is 2.36. The lowest BCUT2D eigenvalue weighted by molar-refractivity contribution is -0.139. The van der Waals surface area contributed by atoms with Crippen LogP contribution in [0.2, 0.25) is 0 Å². The maximum Gasteiger partial charge on any atom is 0.326 e. The van der Waals surface area contributed by atoms with Gasteiger partial charge < -0.3 is 20.1 Å². The fraction of sp³-hybridized carbons (Fsp3) is 0.438. The summed E-state index contributed by atoms with van der Waals surface area (Å²) in [6.07, 6.45) is 0.763. The number of aryl methyl sites for hydroxylation is 1. The van der Waals surface area contributed by atoms with E-state index in [1.54, 1.807) is 25.2 Å². The number of carbonyl (C=O) groups is 2. The van der Waals surface area contributed by atoms with Crippen molar-refractivity contribution in [3.63, 3.8) is 0 Å². The topological polar surface area (TPSA) is 113 Å². The van der Waals surface area contributed by atoms with Crippen molar-refractivity contribution in [2.75, 3.05) is 13.2 Å². The molecule has 24 heavy (non-hydrogen) atoms. The van der Waals surface area contributed by atoms with E-state index in [0.29, 0.717) is 42.7 Å². The van der Waals surface area contributed by atoms with E-state index in [1.807, 2.05) is 0 Å². The molecule has 1 aliphatic rings. The molecule has 1 fully saturated rings. The Kier molecular flexibility index (Phi) is 4.15. The van der Waals surface area contributed by atoms with Gasteiger partial charge in [0.05, 0.1) is 23.0 Å². The molecule has 0 spiro atoms. The number of aromatic nitrogens is 2. The predicted molar refractivity (Wildman–Crippen MR) is 86.0 cm³/mol. The minimum absolute atomic E-state index is 0.146. The number of aromatic amines is 1. The molecular formula is C16H19N3O5. The average molecular weight is 333 g/mol. The van der Waals surface area contributed by atoms with Crippen LogP contribution in [0.5, 0.6) is 0 Å². The lowest BCUT2D eigenvalue weighted by Crippen LogP contribution is -2.53. The van der Waals surface area contributed by atoms with Gasteiger partial charge in [-0.2, -0.15) is 0 Å². The molecule has 8 nitrogen and oxygen atoms in total. The smallest absolute Gasteiger partial charge is 0.326 e. The van der Waals surface area contributed by atoms with Gasteiger partial charge in [-0.25, -0.2) is 4.79 Å². The van der Waals surface area contributed by atoms with Gasteiger partial charge in [0, 0.05) is 25.8 Å². The fourth-order valence-corrected chi connectivity index (χ4v) is 3.08. The summed E-state index contributed by atoms with van der Waals surface area (Å²) in [7, 11) is 1.62. The molecule has 128 valence electrons. The highest BCUT2D eigenvalue weighted by atomic mass is 16.5. The number of amides is 1. The summed E-state index contributed by atoms with van der Waals surface area (Å²) in [5, 5.41) is 12.0. The summed E-state index contributed by atoms with van der Waals surface area (Å²) < 4.78 is 6.71. The van der Waals surface area contributed by atoms with Crippen LogP contribution in [0.15, 0.2) is 23.0 Å². The zero-order chi connectivity index (χ0) is 17.3. The van der Waals surface area contributed by atoms with E-state index in [4.69, 9.17) is 9.84 Å². The van der Waals surface area contributed by atoms with Gasteiger partial charge in [0.2, 0.25) is 0 Å². The molecule has 3 rings (SSSR count). The highest BCUT2D eigenvalue weighted by molar-refractivity contribution is 5.98. The number of H-pyrrole nitrogens is 1. The van der Waals surface area contributed by atoms with Crippen LogP contribution in [-0.2, 0) is 16.6 Å². The average Bonchev–Trinajstić information content (AvgIpc) is 2.81. The number of nitrogens with one attached hydrogen (secondary N) is 2. The van der Waals surface area contributed by atoms with Crippen molar-refractivity contribution in [2.45, 2.75) is 24.8 Å². The molecule has 0 radical (unpaired) electrons.